The summed E-state index contributed by atoms with van der Waals surface area (Å²) in [7, 11) is 0. The number of nitrogens with one attached hydrogen (secondary N) is 1. The molecule has 0 aliphatic rings. The number of fused-ring (bicyclic) bond motifs is 1. The first kappa shape index (κ1) is 16.8. The topological polar surface area (TPSA) is 51.2 Å². The first-order valence-electron chi connectivity index (χ1n) is 8.72. The smallest absolute Gasteiger partial charge is 0.251 e. The summed E-state index contributed by atoms with van der Waals surface area (Å²) in [5, 5.41) is 4.97. The van der Waals surface area contributed by atoms with Crippen LogP contribution in [0.25, 0.3) is 10.8 Å². The van der Waals surface area contributed by atoms with Gasteiger partial charge in [-0.25, -0.2) is 0 Å². The minimum absolute atomic E-state index is 0.116. The Morgan fingerprint density at radius 2 is 1.70 bits per heavy atom. The molecule has 0 unspecified atom stereocenters. The second-order valence-electron chi connectivity index (χ2n) is 6.18. The summed E-state index contributed by atoms with van der Waals surface area (Å²) in [6, 6.07) is 24.9. The van der Waals surface area contributed by atoms with Gasteiger partial charge in [0.25, 0.3) is 5.91 Å². The van der Waals surface area contributed by atoms with Gasteiger partial charge in [0.05, 0.1) is 0 Å². The molecule has 1 heterocycles. The third kappa shape index (κ3) is 4.12. The molecule has 4 rings (SSSR count). The molecule has 27 heavy (non-hydrogen) atoms. The van der Waals surface area contributed by atoms with Crippen LogP contribution in [0.3, 0.4) is 0 Å². The lowest BCUT2D eigenvalue weighted by molar-refractivity contribution is 0.0951. The third-order valence-corrected chi connectivity index (χ3v) is 4.23. The van der Waals surface area contributed by atoms with E-state index in [9.17, 15) is 4.79 Å². The number of pyridine rings is 1. The number of aromatic nitrogens is 1. The molecule has 3 aromatic carbocycles. The van der Waals surface area contributed by atoms with Gasteiger partial charge in [0, 0.05) is 29.9 Å². The van der Waals surface area contributed by atoms with Gasteiger partial charge in [-0.3, -0.25) is 9.78 Å². The summed E-state index contributed by atoms with van der Waals surface area (Å²) in [6.07, 6.45) is 3.50. The lowest BCUT2D eigenvalue weighted by Crippen LogP contribution is -2.22. The van der Waals surface area contributed by atoms with Crippen molar-refractivity contribution < 1.29 is 9.53 Å². The van der Waals surface area contributed by atoms with Crippen LogP contribution in [-0.4, -0.2) is 10.9 Å². The highest BCUT2D eigenvalue weighted by Gasteiger charge is 2.07. The van der Waals surface area contributed by atoms with Gasteiger partial charge in [0.15, 0.2) is 0 Å². The molecule has 0 saturated carbocycles. The molecule has 1 amide bonds. The molecule has 0 spiro atoms. The highest BCUT2D eigenvalue weighted by Crippen LogP contribution is 2.22. The molecule has 132 valence electrons. The molecule has 0 aliphatic heterocycles. The quantitative estimate of drug-likeness (QED) is 0.551. The van der Waals surface area contributed by atoms with E-state index in [-0.39, 0.29) is 5.91 Å². The number of benzene rings is 3. The number of amides is 1. The predicted octanol–water partition coefficient (Wildman–Crippen LogP) is 4.96. The van der Waals surface area contributed by atoms with Crippen molar-refractivity contribution in [3.8, 4) is 11.5 Å². The van der Waals surface area contributed by atoms with Crippen molar-refractivity contribution in [2.24, 2.45) is 0 Å². The van der Waals surface area contributed by atoms with E-state index < -0.39 is 0 Å². The molecule has 0 fully saturated rings. The van der Waals surface area contributed by atoms with Gasteiger partial charge in [0.2, 0.25) is 0 Å². The number of rotatable bonds is 5. The van der Waals surface area contributed by atoms with Gasteiger partial charge < -0.3 is 10.1 Å². The van der Waals surface area contributed by atoms with Crippen molar-refractivity contribution in [3.63, 3.8) is 0 Å². The van der Waals surface area contributed by atoms with Crippen molar-refractivity contribution in [1.82, 2.24) is 10.3 Å². The molecule has 1 aromatic heterocycles. The van der Waals surface area contributed by atoms with Crippen LogP contribution < -0.4 is 10.1 Å². The molecule has 0 radical (unpaired) electrons. The van der Waals surface area contributed by atoms with Crippen LogP contribution in [0.1, 0.15) is 15.9 Å². The highest BCUT2D eigenvalue weighted by atomic mass is 16.5. The molecular formula is C23H18N2O2. The van der Waals surface area contributed by atoms with Crippen molar-refractivity contribution in [1.29, 1.82) is 0 Å². The zero-order chi connectivity index (χ0) is 18.5. The molecule has 1 N–H and O–H groups in total. The molecule has 0 aliphatic carbocycles. The number of carbonyl (C=O) groups excluding carboxylic acids is 1. The molecular weight excluding hydrogens is 336 g/mol. The van der Waals surface area contributed by atoms with Crippen molar-refractivity contribution in [2.75, 3.05) is 0 Å². The molecule has 4 aromatic rings. The Bertz CT molecular complexity index is 1080. The second kappa shape index (κ2) is 7.70. The third-order valence-electron chi connectivity index (χ3n) is 4.23. The fraction of sp³-hybridized carbons (Fsp3) is 0.0435. The monoisotopic (exact) mass is 354 g/mol. The van der Waals surface area contributed by atoms with Crippen LogP contribution in [0.4, 0.5) is 0 Å². The first-order valence-corrected chi connectivity index (χ1v) is 8.72. The average molecular weight is 354 g/mol. The zero-order valence-electron chi connectivity index (χ0n) is 14.6. The molecule has 4 nitrogen and oxygen atoms in total. The van der Waals surface area contributed by atoms with Gasteiger partial charge in [-0.05, 0) is 53.4 Å². The Morgan fingerprint density at radius 1 is 0.852 bits per heavy atom. The largest absolute Gasteiger partial charge is 0.457 e. The van der Waals surface area contributed by atoms with E-state index in [0.29, 0.717) is 12.1 Å². The van der Waals surface area contributed by atoms with E-state index >= 15 is 0 Å². The van der Waals surface area contributed by atoms with Gasteiger partial charge >= 0.3 is 0 Å². The number of nitrogens with zero attached hydrogens (tertiary/aromatic N) is 1. The summed E-state index contributed by atoms with van der Waals surface area (Å²) in [4.78, 5) is 16.6. The summed E-state index contributed by atoms with van der Waals surface area (Å²) >= 11 is 0. The molecule has 0 bridgehead atoms. The van der Waals surface area contributed by atoms with Crippen LogP contribution in [0.2, 0.25) is 0 Å². The van der Waals surface area contributed by atoms with Crippen LogP contribution in [0.5, 0.6) is 11.5 Å². The van der Waals surface area contributed by atoms with E-state index in [0.717, 1.165) is 27.8 Å². The summed E-state index contributed by atoms with van der Waals surface area (Å²) in [5.41, 5.74) is 1.59. The highest BCUT2D eigenvalue weighted by molar-refractivity contribution is 5.98. The standard InChI is InChI=1S/C23H18N2O2/c26-23(19-10-9-18-11-12-24-16-20(18)14-19)25-15-17-5-4-8-22(13-17)27-21-6-2-1-3-7-21/h1-14,16H,15H2,(H,25,26). The molecule has 0 atom stereocenters. The lowest BCUT2D eigenvalue weighted by Gasteiger charge is -2.09. The maximum atomic E-state index is 12.5. The van der Waals surface area contributed by atoms with Crippen LogP contribution in [0, 0.1) is 0 Å². The van der Waals surface area contributed by atoms with Crippen molar-refractivity contribution in [2.45, 2.75) is 6.54 Å². The summed E-state index contributed by atoms with van der Waals surface area (Å²) in [6.45, 7) is 0.426. The number of hydrogen-bond donors (Lipinski definition) is 1. The van der Waals surface area contributed by atoms with Crippen molar-refractivity contribution in [3.05, 3.63) is 102 Å². The first-order chi connectivity index (χ1) is 13.3. The fourth-order valence-electron chi connectivity index (χ4n) is 2.85. The number of carbonyl (C=O) groups is 1. The minimum Gasteiger partial charge on any atom is -0.457 e. The Balaban J connectivity index is 1.43. The Hall–Kier alpha value is -3.66. The van der Waals surface area contributed by atoms with Crippen molar-refractivity contribution >= 4 is 16.7 Å². The van der Waals surface area contributed by atoms with Crippen LogP contribution in [-0.2, 0) is 6.54 Å². The van der Waals surface area contributed by atoms with Crippen LogP contribution in [0.15, 0.2) is 91.3 Å². The van der Waals surface area contributed by atoms with E-state index in [1.165, 1.54) is 0 Å². The summed E-state index contributed by atoms with van der Waals surface area (Å²) < 4.78 is 5.84. The maximum Gasteiger partial charge on any atom is 0.251 e. The van der Waals surface area contributed by atoms with Crippen LogP contribution >= 0.6 is 0 Å². The fourth-order valence-corrected chi connectivity index (χ4v) is 2.85. The second-order valence-corrected chi connectivity index (χ2v) is 6.18. The van der Waals surface area contributed by atoms with E-state index in [1.54, 1.807) is 12.4 Å². The van der Waals surface area contributed by atoms with E-state index in [1.807, 2.05) is 78.9 Å². The Kier molecular flexibility index (Phi) is 4.79. The normalized spacial score (nSPS) is 10.5. The minimum atomic E-state index is -0.116. The number of ether oxygens (including phenoxy) is 1. The Morgan fingerprint density at radius 3 is 2.59 bits per heavy atom. The SMILES string of the molecule is O=C(NCc1cccc(Oc2ccccc2)c1)c1ccc2ccncc2c1. The number of para-hydroxylation sites is 1. The van der Waals surface area contributed by atoms with Gasteiger partial charge in [0.1, 0.15) is 11.5 Å². The maximum absolute atomic E-state index is 12.5. The van der Waals surface area contributed by atoms with Gasteiger partial charge in [-0.15, -0.1) is 0 Å². The summed E-state index contributed by atoms with van der Waals surface area (Å²) in [5.74, 6) is 1.41. The number of hydrogen-bond acceptors (Lipinski definition) is 3. The Labute approximate surface area is 157 Å². The van der Waals surface area contributed by atoms with Gasteiger partial charge in [-0.2, -0.15) is 0 Å². The molecule has 0 saturated heterocycles. The van der Waals surface area contributed by atoms with E-state index in [2.05, 4.69) is 10.3 Å². The predicted molar refractivity (Wildman–Crippen MR) is 106 cm³/mol. The van der Waals surface area contributed by atoms with E-state index in [4.69, 9.17) is 4.74 Å². The zero-order valence-corrected chi connectivity index (χ0v) is 14.6. The van der Waals surface area contributed by atoms with Gasteiger partial charge in [-0.1, -0.05) is 36.4 Å². The average Bonchev–Trinajstić information content (AvgIpc) is 2.73. The molecule has 4 heteroatoms. The lowest BCUT2D eigenvalue weighted by atomic mass is 10.1.